The molecular weight excluding hydrogens is 254 g/mol. The molecule has 4 heteroatoms. The van der Waals surface area contributed by atoms with Gasteiger partial charge in [0.2, 0.25) is 0 Å². The van der Waals surface area contributed by atoms with Crippen molar-refractivity contribution >= 4 is 5.97 Å². The molecule has 4 nitrogen and oxygen atoms in total. The van der Waals surface area contributed by atoms with Crippen LogP contribution in [0.25, 0.3) is 0 Å². The maximum absolute atomic E-state index is 11.0. The van der Waals surface area contributed by atoms with Gasteiger partial charge in [-0.25, -0.2) is 4.79 Å². The molecule has 0 aliphatic rings. The molecule has 0 saturated heterocycles. The highest BCUT2D eigenvalue weighted by molar-refractivity contribution is 5.70. The maximum Gasteiger partial charge on any atom is 0.331 e. The average Bonchev–Trinajstić information content (AvgIpc) is 2.43. The monoisotopic (exact) mass is 279 g/mol. The van der Waals surface area contributed by atoms with Crippen molar-refractivity contribution in [1.29, 1.82) is 0 Å². The maximum atomic E-state index is 11.0. The molecule has 0 aliphatic heterocycles. The molecule has 112 valence electrons. The summed E-state index contributed by atoms with van der Waals surface area (Å²) >= 11 is 0. The van der Waals surface area contributed by atoms with Gasteiger partial charge in [-0.05, 0) is 68.0 Å². The fourth-order valence-corrected chi connectivity index (χ4v) is 2.50. The van der Waals surface area contributed by atoms with Crippen molar-refractivity contribution in [3.8, 4) is 0 Å². The molecule has 0 aromatic heterocycles. The summed E-state index contributed by atoms with van der Waals surface area (Å²) < 4.78 is 9.86. The lowest BCUT2D eigenvalue weighted by Crippen LogP contribution is -2.23. The number of methoxy groups -OCH3 is 1. The van der Waals surface area contributed by atoms with E-state index in [-0.39, 0.29) is 18.6 Å². The minimum Gasteiger partial charge on any atom is -0.467 e. The lowest BCUT2D eigenvalue weighted by molar-refractivity contribution is -0.146. The molecule has 1 atom stereocenters. The standard InChI is InChI=1S/C16H25NO3/c1-9-10(2)12(4)16(13(5)11(9)3)14(17)7-20-8-15(18)19-6/h14H,7-8,17H2,1-6H3. The van der Waals surface area contributed by atoms with Gasteiger partial charge in [-0.1, -0.05) is 0 Å². The summed E-state index contributed by atoms with van der Waals surface area (Å²) in [6, 6.07) is -0.238. The van der Waals surface area contributed by atoms with Crippen molar-refractivity contribution in [2.45, 2.75) is 40.7 Å². The smallest absolute Gasteiger partial charge is 0.331 e. The van der Waals surface area contributed by atoms with Gasteiger partial charge in [0, 0.05) is 0 Å². The second-order valence-corrected chi connectivity index (χ2v) is 5.24. The van der Waals surface area contributed by atoms with Gasteiger partial charge in [0.25, 0.3) is 0 Å². The average molecular weight is 279 g/mol. The molecule has 0 aliphatic carbocycles. The molecule has 0 fully saturated rings. The molecule has 0 bridgehead atoms. The van der Waals surface area contributed by atoms with Crippen LogP contribution in [0.5, 0.6) is 0 Å². The van der Waals surface area contributed by atoms with Crippen molar-refractivity contribution < 1.29 is 14.3 Å². The Balaban J connectivity index is 2.93. The van der Waals surface area contributed by atoms with E-state index in [0.29, 0.717) is 6.61 Å². The molecule has 20 heavy (non-hydrogen) atoms. The summed E-state index contributed by atoms with van der Waals surface area (Å²) in [4.78, 5) is 11.0. The number of hydrogen-bond donors (Lipinski definition) is 1. The zero-order valence-corrected chi connectivity index (χ0v) is 13.3. The van der Waals surface area contributed by atoms with Crippen LogP contribution in [0.4, 0.5) is 0 Å². The molecule has 1 aromatic rings. The topological polar surface area (TPSA) is 61.5 Å². The number of benzene rings is 1. The second kappa shape index (κ2) is 6.86. The van der Waals surface area contributed by atoms with Crippen LogP contribution in [0.2, 0.25) is 0 Å². The summed E-state index contributed by atoms with van der Waals surface area (Å²) in [5.74, 6) is -0.387. The van der Waals surface area contributed by atoms with E-state index in [2.05, 4.69) is 39.4 Å². The van der Waals surface area contributed by atoms with Crippen molar-refractivity contribution in [1.82, 2.24) is 0 Å². The van der Waals surface area contributed by atoms with Crippen molar-refractivity contribution in [3.05, 3.63) is 33.4 Å². The van der Waals surface area contributed by atoms with E-state index in [1.807, 2.05) is 0 Å². The van der Waals surface area contributed by atoms with Crippen LogP contribution in [-0.2, 0) is 14.3 Å². The van der Waals surface area contributed by atoms with E-state index in [0.717, 1.165) is 5.56 Å². The molecule has 2 N–H and O–H groups in total. The van der Waals surface area contributed by atoms with Crippen molar-refractivity contribution in [2.24, 2.45) is 5.73 Å². The fraction of sp³-hybridized carbons (Fsp3) is 0.562. The third kappa shape index (κ3) is 3.38. The predicted molar refractivity (Wildman–Crippen MR) is 79.9 cm³/mol. The van der Waals surface area contributed by atoms with E-state index < -0.39 is 0 Å². The Morgan fingerprint density at radius 3 is 1.90 bits per heavy atom. The number of ether oxygens (including phenoxy) is 2. The molecule has 0 radical (unpaired) electrons. The highest BCUT2D eigenvalue weighted by Crippen LogP contribution is 2.29. The zero-order valence-electron chi connectivity index (χ0n) is 13.3. The van der Waals surface area contributed by atoms with Crippen molar-refractivity contribution in [2.75, 3.05) is 20.3 Å². The van der Waals surface area contributed by atoms with Crippen LogP contribution in [0.15, 0.2) is 0 Å². The van der Waals surface area contributed by atoms with Crippen molar-refractivity contribution in [3.63, 3.8) is 0 Å². The highest BCUT2D eigenvalue weighted by atomic mass is 16.6. The SMILES string of the molecule is COC(=O)COCC(N)c1c(C)c(C)c(C)c(C)c1C. The number of rotatable bonds is 5. The Morgan fingerprint density at radius 1 is 1.00 bits per heavy atom. The molecule has 0 saturated carbocycles. The number of carbonyl (C=O) groups excluding carboxylic acids is 1. The minimum atomic E-state index is -0.387. The van der Waals surface area contributed by atoms with E-state index in [1.165, 1.54) is 34.9 Å². The van der Waals surface area contributed by atoms with Crippen LogP contribution in [0.1, 0.15) is 39.4 Å². The van der Waals surface area contributed by atoms with E-state index in [9.17, 15) is 4.79 Å². The number of nitrogens with two attached hydrogens (primary N) is 1. The van der Waals surface area contributed by atoms with E-state index >= 15 is 0 Å². The molecule has 0 heterocycles. The number of carbonyl (C=O) groups is 1. The van der Waals surface area contributed by atoms with Crippen LogP contribution in [-0.4, -0.2) is 26.3 Å². The van der Waals surface area contributed by atoms with Gasteiger partial charge in [0.15, 0.2) is 0 Å². The predicted octanol–water partition coefficient (Wildman–Crippen LogP) is 2.42. The first-order valence-corrected chi connectivity index (χ1v) is 6.78. The first-order chi connectivity index (χ1) is 9.31. The Kier molecular flexibility index (Phi) is 5.72. The van der Waals surface area contributed by atoms with Crippen LogP contribution >= 0.6 is 0 Å². The normalized spacial score (nSPS) is 12.3. The second-order valence-electron chi connectivity index (χ2n) is 5.24. The van der Waals surface area contributed by atoms with Gasteiger partial charge in [-0.2, -0.15) is 0 Å². The molecular formula is C16H25NO3. The van der Waals surface area contributed by atoms with Gasteiger partial charge in [-0.15, -0.1) is 0 Å². The first-order valence-electron chi connectivity index (χ1n) is 6.78. The van der Waals surface area contributed by atoms with Crippen LogP contribution in [0.3, 0.4) is 0 Å². The Hall–Kier alpha value is -1.39. The Labute approximate surface area is 121 Å². The Bertz CT molecular complexity index is 480. The molecule has 0 spiro atoms. The molecule has 1 unspecified atom stereocenters. The van der Waals surface area contributed by atoms with Crippen LogP contribution < -0.4 is 5.73 Å². The molecule has 1 rings (SSSR count). The molecule has 0 amide bonds. The summed E-state index contributed by atoms with van der Waals surface area (Å²) in [5, 5.41) is 0. The third-order valence-corrected chi connectivity index (χ3v) is 4.17. The third-order valence-electron chi connectivity index (χ3n) is 4.17. The highest BCUT2D eigenvalue weighted by Gasteiger charge is 2.18. The van der Waals surface area contributed by atoms with Gasteiger partial charge in [0.1, 0.15) is 6.61 Å². The van der Waals surface area contributed by atoms with E-state index in [4.69, 9.17) is 10.5 Å². The quantitative estimate of drug-likeness (QED) is 0.841. The van der Waals surface area contributed by atoms with Gasteiger partial charge < -0.3 is 15.2 Å². The van der Waals surface area contributed by atoms with Gasteiger partial charge in [-0.3, -0.25) is 0 Å². The summed E-state index contributed by atoms with van der Waals surface area (Å²) in [6.07, 6.45) is 0. The fourth-order valence-electron chi connectivity index (χ4n) is 2.50. The summed E-state index contributed by atoms with van der Waals surface area (Å²) in [7, 11) is 1.34. The van der Waals surface area contributed by atoms with E-state index in [1.54, 1.807) is 0 Å². The Morgan fingerprint density at radius 2 is 1.45 bits per heavy atom. The molecule has 1 aromatic carbocycles. The lowest BCUT2D eigenvalue weighted by atomic mass is 9.87. The van der Waals surface area contributed by atoms with Crippen LogP contribution in [0, 0.1) is 34.6 Å². The lowest BCUT2D eigenvalue weighted by Gasteiger charge is -2.23. The number of esters is 1. The van der Waals surface area contributed by atoms with Gasteiger partial charge in [0.05, 0.1) is 19.8 Å². The first kappa shape index (κ1) is 16.7. The minimum absolute atomic E-state index is 0.0634. The largest absolute Gasteiger partial charge is 0.467 e. The zero-order chi connectivity index (χ0) is 15.4. The summed E-state index contributed by atoms with van der Waals surface area (Å²) in [6.45, 7) is 10.8. The summed E-state index contributed by atoms with van der Waals surface area (Å²) in [5.41, 5.74) is 13.6. The number of hydrogen-bond acceptors (Lipinski definition) is 4. The van der Waals surface area contributed by atoms with Gasteiger partial charge >= 0.3 is 5.97 Å².